The summed E-state index contributed by atoms with van der Waals surface area (Å²) in [6, 6.07) is 31.0. The van der Waals surface area contributed by atoms with Crippen molar-refractivity contribution in [3.63, 3.8) is 0 Å². The van der Waals surface area contributed by atoms with E-state index in [-0.39, 0.29) is 12.4 Å². The number of hydrogen-bond acceptors (Lipinski definition) is 1. The molecule has 0 amide bonds. The third-order valence-electron chi connectivity index (χ3n) is 5.09. The molecule has 4 rings (SSSR count). The monoisotopic (exact) mass is 361 g/mol. The van der Waals surface area contributed by atoms with Crippen LogP contribution in [0.1, 0.15) is 17.2 Å². The zero-order valence-corrected chi connectivity index (χ0v) is 16.0. The van der Waals surface area contributed by atoms with Crippen molar-refractivity contribution in [3.05, 3.63) is 96.1 Å². The van der Waals surface area contributed by atoms with Crippen LogP contribution in [0, 0.1) is 0 Å². The van der Waals surface area contributed by atoms with Crippen molar-refractivity contribution in [3.8, 4) is 0 Å². The lowest BCUT2D eigenvalue weighted by Gasteiger charge is -2.26. The summed E-state index contributed by atoms with van der Waals surface area (Å²) in [4.78, 5) is 2.33. The maximum Gasteiger partial charge on any atom is 0.0382 e. The maximum atomic E-state index is 2.33. The fourth-order valence-corrected chi connectivity index (χ4v) is 3.80. The topological polar surface area (TPSA) is 3.24 Å². The van der Waals surface area contributed by atoms with Crippen LogP contribution >= 0.6 is 12.4 Å². The first-order valence-corrected chi connectivity index (χ1v) is 8.85. The van der Waals surface area contributed by atoms with Crippen LogP contribution in [-0.2, 0) is 6.42 Å². The Balaban J connectivity index is 0.00000196. The maximum absolute atomic E-state index is 2.33. The van der Waals surface area contributed by atoms with E-state index >= 15 is 0 Å². The number of benzene rings is 4. The summed E-state index contributed by atoms with van der Waals surface area (Å²) in [5, 5.41) is 5.37. The normalized spacial score (nSPS) is 12.3. The summed E-state index contributed by atoms with van der Waals surface area (Å²) >= 11 is 0. The van der Waals surface area contributed by atoms with Crippen LogP contribution < -0.4 is 0 Å². The molecule has 0 saturated carbocycles. The van der Waals surface area contributed by atoms with Crippen molar-refractivity contribution >= 4 is 34.0 Å². The smallest absolute Gasteiger partial charge is 0.0382 e. The molecule has 0 fully saturated rings. The highest BCUT2D eigenvalue weighted by Crippen LogP contribution is 2.33. The fraction of sp³-hybridized carbons (Fsp3) is 0.167. The standard InChI is InChI=1S/C24H23N.ClH/c1-25(2)24(18-10-4-3-5-11-18)17-23-21-14-8-6-12-19(21)16-20-13-7-9-15-22(20)23;/h3-16,24H,17H2,1-2H3;1H. The summed E-state index contributed by atoms with van der Waals surface area (Å²) in [5.41, 5.74) is 2.81. The average molecular weight is 362 g/mol. The van der Waals surface area contributed by atoms with Crippen LogP contribution in [0.3, 0.4) is 0 Å². The van der Waals surface area contributed by atoms with Crippen molar-refractivity contribution in [2.45, 2.75) is 12.5 Å². The Kier molecular flexibility index (Phi) is 5.61. The van der Waals surface area contributed by atoms with Gasteiger partial charge in [-0.1, -0.05) is 78.9 Å². The van der Waals surface area contributed by atoms with Gasteiger partial charge in [-0.3, -0.25) is 0 Å². The Bertz CT molecular complexity index is 954. The van der Waals surface area contributed by atoms with Crippen molar-refractivity contribution in [2.24, 2.45) is 0 Å². The molecule has 26 heavy (non-hydrogen) atoms. The lowest BCUT2D eigenvalue weighted by atomic mass is 9.90. The van der Waals surface area contributed by atoms with E-state index < -0.39 is 0 Å². The van der Waals surface area contributed by atoms with Gasteiger partial charge in [-0.05, 0) is 59.3 Å². The molecule has 0 radical (unpaired) electrons. The van der Waals surface area contributed by atoms with E-state index in [4.69, 9.17) is 0 Å². The Hall–Kier alpha value is -2.35. The molecule has 0 aliphatic heterocycles. The van der Waals surface area contributed by atoms with E-state index in [1.54, 1.807) is 0 Å². The number of fused-ring (bicyclic) bond motifs is 2. The Labute approximate surface area is 161 Å². The molecule has 2 heteroatoms. The highest BCUT2D eigenvalue weighted by molar-refractivity contribution is 6.02. The molecule has 0 N–H and O–H groups in total. The first kappa shape index (κ1) is 18.4. The first-order valence-electron chi connectivity index (χ1n) is 8.85. The zero-order valence-electron chi connectivity index (χ0n) is 15.2. The molecule has 4 aromatic carbocycles. The third kappa shape index (κ3) is 3.46. The second-order valence-electron chi connectivity index (χ2n) is 6.89. The van der Waals surface area contributed by atoms with E-state index in [1.807, 2.05) is 0 Å². The number of hydrogen-bond donors (Lipinski definition) is 0. The van der Waals surface area contributed by atoms with Gasteiger partial charge in [0.15, 0.2) is 0 Å². The van der Waals surface area contributed by atoms with Gasteiger partial charge < -0.3 is 4.90 Å². The molecule has 1 nitrogen and oxygen atoms in total. The summed E-state index contributed by atoms with van der Waals surface area (Å²) in [6.45, 7) is 0. The van der Waals surface area contributed by atoms with Gasteiger partial charge in [0, 0.05) is 6.04 Å². The molecule has 0 spiro atoms. The molecule has 0 heterocycles. The molecular formula is C24H24ClN. The summed E-state index contributed by atoms with van der Waals surface area (Å²) in [7, 11) is 4.34. The molecule has 1 atom stereocenters. The number of likely N-dealkylation sites (N-methyl/N-ethyl adjacent to an activating group) is 1. The minimum atomic E-state index is 0. The zero-order chi connectivity index (χ0) is 17.2. The van der Waals surface area contributed by atoms with E-state index in [1.165, 1.54) is 32.7 Å². The van der Waals surface area contributed by atoms with Crippen LogP contribution in [0.15, 0.2) is 84.9 Å². The van der Waals surface area contributed by atoms with Crippen LogP contribution in [0.4, 0.5) is 0 Å². The first-order chi connectivity index (χ1) is 12.2. The van der Waals surface area contributed by atoms with Crippen molar-refractivity contribution in [1.29, 1.82) is 0 Å². The number of halogens is 1. The minimum Gasteiger partial charge on any atom is -0.302 e. The second-order valence-corrected chi connectivity index (χ2v) is 6.89. The molecule has 0 bridgehead atoms. The SMILES string of the molecule is CN(C)C(Cc1c2ccccc2cc2ccccc12)c1ccccc1.Cl. The van der Waals surface area contributed by atoms with Crippen LogP contribution in [0.5, 0.6) is 0 Å². The van der Waals surface area contributed by atoms with E-state index in [9.17, 15) is 0 Å². The molecule has 4 aromatic rings. The summed E-state index contributed by atoms with van der Waals surface area (Å²) in [6.07, 6.45) is 0.999. The molecule has 1 unspecified atom stereocenters. The minimum absolute atomic E-state index is 0. The van der Waals surface area contributed by atoms with Crippen molar-refractivity contribution < 1.29 is 0 Å². The second kappa shape index (κ2) is 7.90. The summed E-state index contributed by atoms with van der Waals surface area (Å²) in [5.74, 6) is 0. The average Bonchev–Trinajstić information content (AvgIpc) is 2.65. The van der Waals surface area contributed by atoms with Crippen molar-refractivity contribution in [2.75, 3.05) is 14.1 Å². The molecule has 0 saturated heterocycles. The highest BCUT2D eigenvalue weighted by atomic mass is 35.5. The molecule has 0 aliphatic rings. The number of nitrogens with zero attached hydrogens (tertiary/aromatic N) is 1. The van der Waals surface area contributed by atoms with Gasteiger partial charge in [0.25, 0.3) is 0 Å². The Morgan fingerprint density at radius 1 is 0.692 bits per heavy atom. The van der Waals surface area contributed by atoms with E-state index in [2.05, 4.69) is 104 Å². The van der Waals surface area contributed by atoms with Crippen LogP contribution in [0.2, 0.25) is 0 Å². The Morgan fingerprint density at radius 3 is 1.73 bits per heavy atom. The Morgan fingerprint density at radius 2 is 1.19 bits per heavy atom. The van der Waals surface area contributed by atoms with Crippen molar-refractivity contribution in [1.82, 2.24) is 4.90 Å². The van der Waals surface area contributed by atoms with Crippen LogP contribution in [-0.4, -0.2) is 19.0 Å². The molecule has 0 aliphatic carbocycles. The summed E-state index contributed by atoms with van der Waals surface area (Å²) < 4.78 is 0. The van der Waals surface area contributed by atoms with Gasteiger partial charge in [-0.2, -0.15) is 0 Å². The molecular weight excluding hydrogens is 338 g/mol. The lowest BCUT2D eigenvalue weighted by Crippen LogP contribution is -2.22. The van der Waals surface area contributed by atoms with E-state index in [0.717, 1.165) is 6.42 Å². The third-order valence-corrected chi connectivity index (χ3v) is 5.09. The quantitative estimate of drug-likeness (QED) is 0.388. The molecule has 132 valence electrons. The highest BCUT2D eigenvalue weighted by Gasteiger charge is 2.17. The van der Waals surface area contributed by atoms with Gasteiger partial charge in [0.05, 0.1) is 0 Å². The van der Waals surface area contributed by atoms with Gasteiger partial charge in [-0.25, -0.2) is 0 Å². The van der Waals surface area contributed by atoms with Gasteiger partial charge in [0.1, 0.15) is 0 Å². The number of rotatable bonds is 4. The largest absolute Gasteiger partial charge is 0.302 e. The lowest BCUT2D eigenvalue weighted by molar-refractivity contribution is 0.298. The van der Waals surface area contributed by atoms with Gasteiger partial charge >= 0.3 is 0 Å². The van der Waals surface area contributed by atoms with E-state index in [0.29, 0.717) is 6.04 Å². The predicted molar refractivity (Wildman–Crippen MR) is 115 cm³/mol. The fourth-order valence-electron chi connectivity index (χ4n) is 3.80. The predicted octanol–water partition coefficient (Wildman–Crippen LogP) is 6.26. The van der Waals surface area contributed by atoms with Gasteiger partial charge in [-0.15, -0.1) is 12.4 Å². The van der Waals surface area contributed by atoms with Crippen LogP contribution in [0.25, 0.3) is 21.5 Å². The molecule has 0 aromatic heterocycles. The van der Waals surface area contributed by atoms with Gasteiger partial charge in [0.2, 0.25) is 0 Å².